The molecule has 2 atom stereocenters. The number of rotatable bonds is 10. The van der Waals surface area contributed by atoms with Gasteiger partial charge in [-0.2, -0.15) is 0 Å². The molecule has 16 heavy (non-hydrogen) atoms. The number of carbonyl (C=O) groups excluding carboxylic acids is 1. The largest absolute Gasteiger partial charge is 0.394 e. The van der Waals surface area contributed by atoms with Gasteiger partial charge in [-0.25, -0.2) is 0 Å². The molecule has 7 heteroatoms. The van der Waals surface area contributed by atoms with Gasteiger partial charge < -0.3 is 29.9 Å². The summed E-state index contributed by atoms with van der Waals surface area (Å²) in [7, 11) is 0. The average Bonchev–Trinajstić information content (AvgIpc) is 2.31. The van der Waals surface area contributed by atoms with Crippen molar-refractivity contribution < 1.29 is 34.7 Å². The van der Waals surface area contributed by atoms with E-state index < -0.39 is 24.6 Å². The highest BCUT2D eigenvalue weighted by Gasteiger charge is 2.22. The maximum atomic E-state index is 11.0. The molecule has 7 nitrogen and oxygen atoms in total. The standard InChI is InChI=1S/C9H18O7/c10-1-2-15-3-4-16-6-8(13)9(14)7(12)5-11/h7-8,10-13H,1-6H2. The Morgan fingerprint density at radius 1 is 1.00 bits per heavy atom. The Balaban J connectivity index is 3.50. The molecule has 0 saturated heterocycles. The first-order valence-corrected chi connectivity index (χ1v) is 4.90. The minimum absolute atomic E-state index is 0.0796. The SMILES string of the molecule is O=C(C(O)CO)C(O)COCCOCCO. The molecule has 0 aromatic carbocycles. The second-order valence-corrected chi connectivity index (χ2v) is 3.03. The van der Waals surface area contributed by atoms with Crippen LogP contribution in [-0.4, -0.2) is 78.1 Å². The summed E-state index contributed by atoms with van der Waals surface area (Å²) in [6, 6.07) is 0. The third kappa shape index (κ3) is 6.83. The second-order valence-electron chi connectivity index (χ2n) is 3.03. The number of Topliss-reactive ketones (excluding diaryl/α,β-unsaturated/α-hetero) is 1. The minimum Gasteiger partial charge on any atom is -0.394 e. The van der Waals surface area contributed by atoms with Crippen molar-refractivity contribution in [2.24, 2.45) is 0 Å². The molecule has 0 saturated carbocycles. The Kier molecular flexibility index (Phi) is 9.30. The van der Waals surface area contributed by atoms with Crippen molar-refractivity contribution in [3.63, 3.8) is 0 Å². The summed E-state index contributed by atoms with van der Waals surface area (Å²) in [6.45, 7) is -0.463. The normalized spacial score (nSPS) is 14.8. The molecule has 0 fully saturated rings. The predicted molar refractivity (Wildman–Crippen MR) is 52.8 cm³/mol. The second kappa shape index (κ2) is 9.64. The van der Waals surface area contributed by atoms with Crippen LogP contribution in [0.5, 0.6) is 0 Å². The molecular weight excluding hydrogens is 220 g/mol. The smallest absolute Gasteiger partial charge is 0.194 e. The van der Waals surface area contributed by atoms with E-state index in [1.54, 1.807) is 0 Å². The van der Waals surface area contributed by atoms with Crippen LogP contribution in [0.3, 0.4) is 0 Å². The molecule has 0 bridgehead atoms. The van der Waals surface area contributed by atoms with Gasteiger partial charge in [0.15, 0.2) is 5.78 Å². The van der Waals surface area contributed by atoms with E-state index in [2.05, 4.69) is 0 Å². The number of hydrogen-bond donors (Lipinski definition) is 4. The maximum absolute atomic E-state index is 11.0. The first-order chi connectivity index (χ1) is 7.63. The number of carbonyl (C=O) groups is 1. The molecule has 4 N–H and O–H groups in total. The van der Waals surface area contributed by atoms with Crippen LogP contribution < -0.4 is 0 Å². The third-order valence-electron chi connectivity index (χ3n) is 1.71. The number of ether oxygens (including phenoxy) is 2. The average molecular weight is 238 g/mol. The van der Waals surface area contributed by atoms with Gasteiger partial charge in [0.1, 0.15) is 12.2 Å². The Morgan fingerprint density at radius 3 is 2.19 bits per heavy atom. The number of aliphatic hydroxyl groups excluding tert-OH is 4. The monoisotopic (exact) mass is 238 g/mol. The molecule has 0 aliphatic heterocycles. The summed E-state index contributed by atoms with van der Waals surface area (Å²) in [5.41, 5.74) is 0. The lowest BCUT2D eigenvalue weighted by atomic mass is 10.1. The minimum atomic E-state index is -1.58. The van der Waals surface area contributed by atoms with E-state index in [4.69, 9.17) is 24.8 Å². The summed E-state index contributed by atoms with van der Waals surface area (Å²) in [6.07, 6.45) is -3.04. The third-order valence-corrected chi connectivity index (χ3v) is 1.71. The summed E-state index contributed by atoms with van der Waals surface area (Å²) < 4.78 is 9.75. The zero-order chi connectivity index (χ0) is 12.4. The molecule has 0 amide bonds. The molecule has 0 aromatic heterocycles. The van der Waals surface area contributed by atoms with Crippen LogP contribution in [0.1, 0.15) is 0 Å². The summed E-state index contributed by atoms with van der Waals surface area (Å²) in [5, 5.41) is 34.9. The highest BCUT2D eigenvalue weighted by atomic mass is 16.5. The van der Waals surface area contributed by atoms with Crippen LogP contribution in [0.2, 0.25) is 0 Å². The van der Waals surface area contributed by atoms with Crippen molar-refractivity contribution in [2.75, 3.05) is 39.6 Å². The first kappa shape index (κ1) is 15.4. The van der Waals surface area contributed by atoms with Crippen molar-refractivity contribution >= 4 is 5.78 Å². The molecule has 0 aliphatic rings. The molecule has 0 radical (unpaired) electrons. The van der Waals surface area contributed by atoms with Gasteiger partial charge >= 0.3 is 0 Å². The number of aliphatic hydroxyl groups is 4. The van der Waals surface area contributed by atoms with Gasteiger partial charge in [0.25, 0.3) is 0 Å². The Morgan fingerprint density at radius 2 is 1.62 bits per heavy atom. The van der Waals surface area contributed by atoms with Crippen LogP contribution in [0.4, 0.5) is 0 Å². The van der Waals surface area contributed by atoms with Crippen molar-refractivity contribution in [3.05, 3.63) is 0 Å². The number of hydrogen-bond acceptors (Lipinski definition) is 7. The van der Waals surface area contributed by atoms with E-state index in [-0.39, 0.29) is 33.0 Å². The lowest BCUT2D eigenvalue weighted by Gasteiger charge is -2.13. The predicted octanol–water partition coefficient (Wildman–Crippen LogP) is -2.70. The zero-order valence-electron chi connectivity index (χ0n) is 8.91. The Bertz CT molecular complexity index is 185. The summed E-state index contributed by atoms with van der Waals surface area (Å²) in [4.78, 5) is 11.0. The van der Waals surface area contributed by atoms with E-state index in [9.17, 15) is 9.90 Å². The van der Waals surface area contributed by atoms with Gasteiger partial charge in [-0.05, 0) is 0 Å². The van der Waals surface area contributed by atoms with Crippen LogP contribution in [-0.2, 0) is 14.3 Å². The summed E-state index contributed by atoms with van der Waals surface area (Å²) in [5.74, 6) is -0.876. The zero-order valence-corrected chi connectivity index (χ0v) is 8.91. The van der Waals surface area contributed by atoms with E-state index in [0.717, 1.165) is 0 Å². The maximum Gasteiger partial charge on any atom is 0.194 e. The highest BCUT2D eigenvalue weighted by molar-refractivity contribution is 5.87. The van der Waals surface area contributed by atoms with E-state index in [1.807, 2.05) is 0 Å². The summed E-state index contributed by atoms with van der Waals surface area (Å²) >= 11 is 0. The lowest BCUT2D eigenvalue weighted by Crippen LogP contribution is -2.37. The van der Waals surface area contributed by atoms with Crippen molar-refractivity contribution in [3.8, 4) is 0 Å². The van der Waals surface area contributed by atoms with Crippen molar-refractivity contribution in [2.45, 2.75) is 12.2 Å². The number of ketones is 1. The molecule has 96 valence electrons. The first-order valence-electron chi connectivity index (χ1n) is 4.90. The molecule has 0 aromatic rings. The molecule has 0 heterocycles. The van der Waals surface area contributed by atoms with Gasteiger partial charge in [-0.1, -0.05) is 0 Å². The fraction of sp³-hybridized carbons (Fsp3) is 0.889. The topological polar surface area (TPSA) is 116 Å². The van der Waals surface area contributed by atoms with Gasteiger partial charge in [0.05, 0.1) is 39.6 Å². The van der Waals surface area contributed by atoms with Crippen molar-refractivity contribution in [1.82, 2.24) is 0 Å². The highest BCUT2D eigenvalue weighted by Crippen LogP contribution is 1.94. The van der Waals surface area contributed by atoms with Crippen LogP contribution >= 0.6 is 0 Å². The molecule has 2 unspecified atom stereocenters. The fourth-order valence-corrected chi connectivity index (χ4v) is 0.874. The quantitative estimate of drug-likeness (QED) is 0.306. The van der Waals surface area contributed by atoms with Crippen LogP contribution in [0, 0.1) is 0 Å². The van der Waals surface area contributed by atoms with Gasteiger partial charge in [0.2, 0.25) is 0 Å². The Hall–Kier alpha value is -0.570. The van der Waals surface area contributed by atoms with Gasteiger partial charge in [-0.15, -0.1) is 0 Å². The van der Waals surface area contributed by atoms with Crippen LogP contribution in [0.25, 0.3) is 0 Å². The van der Waals surface area contributed by atoms with Gasteiger partial charge in [0, 0.05) is 0 Å². The molecular formula is C9H18O7. The van der Waals surface area contributed by atoms with Crippen molar-refractivity contribution in [1.29, 1.82) is 0 Å². The molecule has 0 rings (SSSR count). The van der Waals surface area contributed by atoms with Crippen LogP contribution in [0.15, 0.2) is 0 Å². The Labute approximate surface area is 93.2 Å². The van der Waals surface area contributed by atoms with E-state index >= 15 is 0 Å². The van der Waals surface area contributed by atoms with E-state index in [0.29, 0.717) is 0 Å². The fourth-order valence-electron chi connectivity index (χ4n) is 0.874. The van der Waals surface area contributed by atoms with Gasteiger partial charge in [-0.3, -0.25) is 4.79 Å². The lowest BCUT2D eigenvalue weighted by molar-refractivity contribution is -0.140. The molecule has 0 spiro atoms. The molecule has 0 aliphatic carbocycles. The van der Waals surface area contributed by atoms with E-state index in [1.165, 1.54) is 0 Å².